The summed E-state index contributed by atoms with van der Waals surface area (Å²) in [7, 11) is 0. The van der Waals surface area contributed by atoms with Crippen LogP contribution in [0.15, 0.2) is 40.6 Å². The van der Waals surface area contributed by atoms with Crippen LogP contribution >= 0.6 is 0 Å². The van der Waals surface area contributed by atoms with Crippen LogP contribution in [0.1, 0.15) is 6.92 Å². The van der Waals surface area contributed by atoms with Gasteiger partial charge in [0.05, 0.1) is 5.69 Å². The Balaban J connectivity index is 2.72. The lowest BCUT2D eigenvalue weighted by Crippen LogP contribution is -1.77. The zero-order valence-electron chi connectivity index (χ0n) is 6.19. The molecule has 0 radical (unpaired) electrons. The first-order valence-corrected chi connectivity index (χ1v) is 3.26. The standard InChI is InChI=1S/C8H8N2O/c1-7(11)9-10-8-5-3-2-4-6-8/h2-6H,1H3. The number of carbonyl (C=O) groups excluding carboxylic acids is 1. The highest BCUT2D eigenvalue weighted by molar-refractivity contribution is 5.73. The van der Waals surface area contributed by atoms with Crippen LogP contribution in [0.3, 0.4) is 0 Å². The average molecular weight is 148 g/mol. The molecule has 56 valence electrons. The third-order valence-corrected chi connectivity index (χ3v) is 1.06. The summed E-state index contributed by atoms with van der Waals surface area (Å²) in [6.07, 6.45) is 0. The van der Waals surface area contributed by atoms with Gasteiger partial charge >= 0.3 is 0 Å². The second-order valence-corrected chi connectivity index (χ2v) is 2.05. The normalized spacial score (nSPS) is 10.3. The third kappa shape index (κ3) is 2.71. The number of hydrogen-bond acceptors (Lipinski definition) is 2. The van der Waals surface area contributed by atoms with Gasteiger partial charge in [0.25, 0.3) is 5.91 Å². The van der Waals surface area contributed by atoms with Crippen molar-refractivity contribution in [2.45, 2.75) is 6.92 Å². The topological polar surface area (TPSA) is 41.8 Å². The molecular formula is C8H8N2O. The van der Waals surface area contributed by atoms with E-state index in [-0.39, 0.29) is 5.91 Å². The van der Waals surface area contributed by atoms with E-state index in [1.807, 2.05) is 18.2 Å². The van der Waals surface area contributed by atoms with Crippen LogP contribution in [0, 0.1) is 0 Å². The molecule has 0 unspecified atom stereocenters. The Morgan fingerprint density at radius 1 is 1.27 bits per heavy atom. The quantitative estimate of drug-likeness (QED) is 0.563. The lowest BCUT2D eigenvalue weighted by atomic mass is 10.3. The summed E-state index contributed by atoms with van der Waals surface area (Å²) in [6, 6.07) is 9.13. The molecule has 0 fully saturated rings. The number of carbonyl (C=O) groups is 1. The van der Waals surface area contributed by atoms with Gasteiger partial charge in [-0.3, -0.25) is 4.79 Å². The highest BCUT2D eigenvalue weighted by Crippen LogP contribution is 2.09. The number of hydrogen-bond donors (Lipinski definition) is 0. The Bertz CT molecular complexity index is 267. The number of amides is 1. The predicted molar refractivity (Wildman–Crippen MR) is 41.6 cm³/mol. The Kier molecular flexibility index (Phi) is 2.49. The molecule has 0 bridgehead atoms. The zero-order valence-corrected chi connectivity index (χ0v) is 6.19. The highest BCUT2D eigenvalue weighted by Gasteiger charge is 1.86. The van der Waals surface area contributed by atoms with E-state index in [1.165, 1.54) is 6.92 Å². The van der Waals surface area contributed by atoms with Gasteiger partial charge in [0.2, 0.25) is 0 Å². The van der Waals surface area contributed by atoms with Crippen molar-refractivity contribution in [1.29, 1.82) is 0 Å². The van der Waals surface area contributed by atoms with E-state index in [1.54, 1.807) is 12.1 Å². The highest BCUT2D eigenvalue weighted by atomic mass is 16.1. The summed E-state index contributed by atoms with van der Waals surface area (Å²) in [5.41, 5.74) is 0.697. The monoisotopic (exact) mass is 148 g/mol. The van der Waals surface area contributed by atoms with Gasteiger partial charge in [-0.25, -0.2) is 0 Å². The fourth-order valence-corrected chi connectivity index (χ4v) is 0.623. The third-order valence-electron chi connectivity index (χ3n) is 1.06. The van der Waals surface area contributed by atoms with E-state index >= 15 is 0 Å². The number of benzene rings is 1. The van der Waals surface area contributed by atoms with Crippen molar-refractivity contribution in [3.63, 3.8) is 0 Å². The molecule has 1 amide bonds. The first-order valence-electron chi connectivity index (χ1n) is 3.26. The SMILES string of the molecule is CC(=O)N=Nc1ccccc1. The van der Waals surface area contributed by atoms with Crippen LogP contribution in [0.2, 0.25) is 0 Å². The van der Waals surface area contributed by atoms with E-state index in [0.29, 0.717) is 5.69 Å². The first-order chi connectivity index (χ1) is 5.29. The van der Waals surface area contributed by atoms with Crippen LogP contribution in [0.5, 0.6) is 0 Å². The molecule has 0 aliphatic rings. The van der Waals surface area contributed by atoms with Gasteiger partial charge in [-0.1, -0.05) is 18.2 Å². The molecule has 0 heterocycles. The van der Waals surface area contributed by atoms with Crippen molar-refractivity contribution in [2.75, 3.05) is 0 Å². The molecule has 1 aromatic carbocycles. The molecule has 0 spiro atoms. The minimum Gasteiger partial charge on any atom is -0.271 e. The summed E-state index contributed by atoms with van der Waals surface area (Å²) in [4.78, 5) is 10.4. The molecule has 1 rings (SSSR count). The molecule has 0 N–H and O–H groups in total. The van der Waals surface area contributed by atoms with Gasteiger partial charge in [0, 0.05) is 6.92 Å². The average Bonchev–Trinajstić information content (AvgIpc) is 2.03. The Hall–Kier alpha value is -1.51. The molecular weight excluding hydrogens is 140 g/mol. The van der Waals surface area contributed by atoms with Gasteiger partial charge < -0.3 is 0 Å². The molecule has 0 saturated carbocycles. The summed E-state index contributed by atoms with van der Waals surface area (Å²) >= 11 is 0. The number of rotatable bonds is 1. The van der Waals surface area contributed by atoms with E-state index in [9.17, 15) is 4.79 Å². The van der Waals surface area contributed by atoms with Crippen LogP contribution in [0.4, 0.5) is 5.69 Å². The second kappa shape index (κ2) is 3.61. The lowest BCUT2D eigenvalue weighted by molar-refractivity contribution is -0.116. The minimum absolute atomic E-state index is 0.283. The van der Waals surface area contributed by atoms with Gasteiger partial charge in [0.1, 0.15) is 0 Å². The Labute approximate surface area is 64.8 Å². The molecule has 0 saturated heterocycles. The van der Waals surface area contributed by atoms with Crippen molar-refractivity contribution in [3.8, 4) is 0 Å². The van der Waals surface area contributed by atoms with Crippen molar-refractivity contribution in [3.05, 3.63) is 30.3 Å². The molecule has 0 aliphatic carbocycles. The van der Waals surface area contributed by atoms with E-state index in [0.717, 1.165) is 0 Å². The van der Waals surface area contributed by atoms with Gasteiger partial charge in [-0.05, 0) is 12.1 Å². The zero-order chi connectivity index (χ0) is 8.10. The van der Waals surface area contributed by atoms with Gasteiger partial charge in [-0.15, -0.1) is 10.2 Å². The molecule has 0 aromatic heterocycles. The van der Waals surface area contributed by atoms with Crippen molar-refractivity contribution in [1.82, 2.24) is 0 Å². The molecule has 0 atom stereocenters. The van der Waals surface area contributed by atoms with Crippen LogP contribution < -0.4 is 0 Å². The van der Waals surface area contributed by atoms with Gasteiger partial charge in [0.15, 0.2) is 0 Å². The van der Waals surface area contributed by atoms with Crippen molar-refractivity contribution >= 4 is 11.6 Å². The second-order valence-electron chi connectivity index (χ2n) is 2.05. The molecule has 11 heavy (non-hydrogen) atoms. The number of azo groups is 1. The minimum atomic E-state index is -0.283. The number of nitrogens with zero attached hydrogens (tertiary/aromatic N) is 2. The van der Waals surface area contributed by atoms with Crippen LogP contribution in [-0.4, -0.2) is 5.91 Å². The van der Waals surface area contributed by atoms with Gasteiger partial charge in [-0.2, -0.15) is 0 Å². The van der Waals surface area contributed by atoms with E-state index in [4.69, 9.17) is 0 Å². The largest absolute Gasteiger partial charge is 0.271 e. The van der Waals surface area contributed by atoms with Crippen molar-refractivity contribution in [2.24, 2.45) is 10.2 Å². The predicted octanol–water partition coefficient (Wildman–Crippen LogP) is 2.32. The summed E-state index contributed by atoms with van der Waals surface area (Å²) in [5.74, 6) is -0.283. The van der Waals surface area contributed by atoms with E-state index in [2.05, 4.69) is 10.2 Å². The fourth-order valence-electron chi connectivity index (χ4n) is 0.623. The van der Waals surface area contributed by atoms with Crippen LogP contribution in [-0.2, 0) is 4.79 Å². The smallest absolute Gasteiger partial charge is 0.261 e. The molecule has 1 aromatic rings. The summed E-state index contributed by atoms with van der Waals surface area (Å²) in [5, 5.41) is 7.06. The van der Waals surface area contributed by atoms with Crippen LogP contribution in [0.25, 0.3) is 0 Å². The fraction of sp³-hybridized carbons (Fsp3) is 0.125. The van der Waals surface area contributed by atoms with E-state index < -0.39 is 0 Å². The molecule has 0 aliphatic heterocycles. The molecule has 3 heteroatoms. The summed E-state index contributed by atoms with van der Waals surface area (Å²) < 4.78 is 0. The van der Waals surface area contributed by atoms with Crippen molar-refractivity contribution < 1.29 is 4.79 Å². The Morgan fingerprint density at radius 2 is 1.91 bits per heavy atom. The lowest BCUT2D eigenvalue weighted by Gasteiger charge is -1.86. The maximum atomic E-state index is 10.4. The maximum absolute atomic E-state index is 10.4. The molecule has 3 nitrogen and oxygen atoms in total. The maximum Gasteiger partial charge on any atom is 0.261 e. The first kappa shape index (κ1) is 7.60. The Morgan fingerprint density at radius 3 is 2.45 bits per heavy atom. The summed E-state index contributed by atoms with van der Waals surface area (Å²) in [6.45, 7) is 1.37.